The Balaban J connectivity index is 1.71. The summed E-state index contributed by atoms with van der Waals surface area (Å²) >= 11 is 0. The van der Waals surface area contributed by atoms with Crippen molar-refractivity contribution < 1.29 is 14.7 Å². The van der Waals surface area contributed by atoms with Gasteiger partial charge in [-0.25, -0.2) is 0 Å². The number of carbonyl (C=O) groups excluding carboxylic acids is 1. The molecule has 0 bridgehead atoms. The fourth-order valence-corrected chi connectivity index (χ4v) is 5.22. The first-order chi connectivity index (χ1) is 11.0. The number of hydrogen-bond donors (Lipinski definition) is 1. The number of allylic oxidation sites excluding steroid dienone is 2. The van der Waals surface area contributed by atoms with Crippen molar-refractivity contribution in [2.24, 2.45) is 17.3 Å². The van der Waals surface area contributed by atoms with Gasteiger partial charge in [-0.1, -0.05) is 31.2 Å². The zero-order chi connectivity index (χ0) is 16.2. The number of ketones is 1. The SMILES string of the molecule is C[C@@]12C=CCC1C1CC(=O)c3cc(CC(=O)O)ccc3C1CC2. The first-order valence-corrected chi connectivity index (χ1v) is 8.53. The van der Waals surface area contributed by atoms with Gasteiger partial charge in [0.1, 0.15) is 0 Å². The molecule has 1 N–H and O–H groups in total. The van der Waals surface area contributed by atoms with Crippen molar-refractivity contribution in [1.29, 1.82) is 0 Å². The van der Waals surface area contributed by atoms with Crippen LogP contribution in [0.4, 0.5) is 0 Å². The Hall–Kier alpha value is -1.90. The number of Topliss-reactive ketones (excluding diaryl/α,β-unsaturated/α-hetero) is 1. The lowest BCUT2D eigenvalue weighted by atomic mass is 9.55. The van der Waals surface area contributed by atoms with Crippen LogP contribution in [0.2, 0.25) is 0 Å². The maximum Gasteiger partial charge on any atom is 0.307 e. The number of aliphatic carboxylic acids is 1. The van der Waals surface area contributed by atoms with Crippen molar-refractivity contribution >= 4 is 11.8 Å². The summed E-state index contributed by atoms with van der Waals surface area (Å²) in [4.78, 5) is 23.6. The lowest BCUT2D eigenvalue weighted by Crippen LogP contribution is -2.41. The summed E-state index contributed by atoms with van der Waals surface area (Å²) in [6.07, 6.45) is 8.67. The van der Waals surface area contributed by atoms with E-state index < -0.39 is 5.97 Å². The molecule has 3 heteroatoms. The molecule has 0 radical (unpaired) electrons. The number of benzene rings is 1. The van der Waals surface area contributed by atoms with E-state index in [0.717, 1.165) is 29.5 Å². The summed E-state index contributed by atoms with van der Waals surface area (Å²) in [6, 6.07) is 5.74. The van der Waals surface area contributed by atoms with E-state index in [0.29, 0.717) is 24.2 Å². The van der Waals surface area contributed by atoms with Crippen LogP contribution in [0.5, 0.6) is 0 Å². The summed E-state index contributed by atoms with van der Waals surface area (Å²) < 4.78 is 0. The summed E-state index contributed by atoms with van der Waals surface area (Å²) in [5, 5.41) is 8.96. The molecule has 0 aromatic heterocycles. The normalized spacial score (nSPS) is 34.7. The van der Waals surface area contributed by atoms with Crippen molar-refractivity contribution in [3.8, 4) is 0 Å². The van der Waals surface area contributed by atoms with E-state index in [1.165, 1.54) is 6.42 Å². The van der Waals surface area contributed by atoms with Gasteiger partial charge in [0.05, 0.1) is 6.42 Å². The van der Waals surface area contributed by atoms with Crippen molar-refractivity contribution in [1.82, 2.24) is 0 Å². The molecular formula is C20H22O3. The minimum atomic E-state index is -0.850. The Morgan fingerprint density at radius 1 is 1.39 bits per heavy atom. The highest BCUT2D eigenvalue weighted by Crippen LogP contribution is 2.58. The number of carbonyl (C=O) groups is 2. The smallest absolute Gasteiger partial charge is 0.307 e. The molecule has 23 heavy (non-hydrogen) atoms. The summed E-state index contributed by atoms with van der Waals surface area (Å²) in [5.74, 6) is 0.826. The maximum atomic E-state index is 12.7. The molecule has 4 atom stereocenters. The Morgan fingerprint density at radius 2 is 2.22 bits per heavy atom. The molecule has 0 amide bonds. The largest absolute Gasteiger partial charge is 0.481 e. The number of carboxylic acids is 1. The summed E-state index contributed by atoms with van der Waals surface area (Å²) in [6.45, 7) is 2.34. The van der Waals surface area contributed by atoms with E-state index in [1.54, 1.807) is 0 Å². The van der Waals surface area contributed by atoms with Crippen molar-refractivity contribution in [2.45, 2.75) is 44.9 Å². The van der Waals surface area contributed by atoms with E-state index in [2.05, 4.69) is 19.1 Å². The Morgan fingerprint density at radius 3 is 3.00 bits per heavy atom. The standard InChI is InChI=1S/C20H22O3/c1-20-7-2-3-17(20)15-11-18(21)16-9-12(10-19(22)23)4-5-13(16)14(15)6-8-20/h2,4-5,7,9,14-15,17H,3,6,8,10-11H2,1H3,(H,22,23)/t14?,15?,17?,20-/m0/s1. The fraction of sp³-hybridized carbons (Fsp3) is 0.500. The molecule has 0 spiro atoms. The molecule has 120 valence electrons. The Kier molecular flexibility index (Phi) is 3.22. The van der Waals surface area contributed by atoms with Gasteiger partial charge in [-0.3, -0.25) is 9.59 Å². The average Bonchev–Trinajstić information content (AvgIpc) is 2.89. The molecular weight excluding hydrogens is 288 g/mol. The predicted octanol–water partition coefficient (Wildman–Crippen LogP) is 3.98. The van der Waals surface area contributed by atoms with Crippen LogP contribution in [0.1, 0.15) is 60.0 Å². The average molecular weight is 310 g/mol. The summed E-state index contributed by atoms with van der Waals surface area (Å²) in [7, 11) is 0. The fourth-order valence-electron chi connectivity index (χ4n) is 5.22. The lowest BCUT2D eigenvalue weighted by molar-refractivity contribution is -0.136. The first-order valence-electron chi connectivity index (χ1n) is 8.53. The predicted molar refractivity (Wildman–Crippen MR) is 87.5 cm³/mol. The van der Waals surface area contributed by atoms with E-state index in [9.17, 15) is 9.59 Å². The van der Waals surface area contributed by atoms with Crippen molar-refractivity contribution in [3.63, 3.8) is 0 Å². The molecule has 1 aromatic rings. The van der Waals surface area contributed by atoms with Gasteiger partial charge in [-0.2, -0.15) is 0 Å². The third-order valence-corrected chi connectivity index (χ3v) is 6.36. The highest BCUT2D eigenvalue weighted by molar-refractivity contribution is 5.99. The van der Waals surface area contributed by atoms with Gasteiger partial charge in [0.2, 0.25) is 0 Å². The maximum absolute atomic E-state index is 12.7. The molecule has 0 heterocycles. The lowest BCUT2D eigenvalue weighted by Gasteiger charge is -2.48. The third kappa shape index (κ3) is 2.25. The van der Waals surface area contributed by atoms with E-state index in [4.69, 9.17) is 5.11 Å². The van der Waals surface area contributed by atoms with Crippen LogP contribution in [0, 0.1) is 17.3 Å². The Labute approximate surface area is 136 Å². The van der Waals surface area contributed by atoms with Gasteiger partial charge in [-0.05, 0) is 59.6 Å². The topological polar surface area (TPSA) is 54.4 Å². The van der Waals surface area contributed by atoms with Crippen LogP contribution in [0.15, 0.2) is 30.4 Å². The minimum absolute atomic E-state index is 0.0146. The van der Waals surface area contributed by atoms with Crippen LogP contribution in [0.3, 0.4) is 0 Å². The molecule has 0 aliphatic heterocycles. The van der Waals surface area contributed by atoms with Crippen LogP contribution < -0.4 is 0 Å². The second-order valence-electron chi connectivity index (χ2n) is 7.68. The van der Waals surface area contributed by atoms with Gasteiger partial charge in [0, 0.05) is 12.0 Å². The van der Waals surface area contributed by atoms with Crippen LogP contribution >= 0.6 is 0 Å². The van der Waals surface area contributed by atoms with Gasteiger partial charge in [-0.15, -0.1) is 0 Å². The second kappa shape index (κ2) is 5.05. The van der Waals surface area contributed by atoms with Gasteiger partial charge in [0.15, 0.2) is 5.78 Å². The monoisotopic (exact) mass is 310 g/mol. The second-order valence-corrected chi connectivity index (χ2v) is 7.68. The van der Waals surface area contributed by atoms with Crippen molar-refractivity contribution in [2.75, 3.05) is 0 Å². The molecule has 3 unspecified atom stereocenters. The van der Waals surface area contributed by atoms with Gasteiger partial charge < -0.3 is 5.11 Å². The van der Waals surface area contributed by atoms with Crippen LogP contribution in [-0.4, -0.2) is 16.9 Å². The molecule has 3 nitrogen and oxygen atoms in total. The van der Waals surface area contributed by atoms with E-state index in [1.807, 2.05) is 18.2 Å². The van der Waals surface area contributed by atoms with Crippen LogP contribution in [0.25, 0.3) is 0 Å². The van der Waals surface area contributed by atoms with Crippen molar-refractivity contribution in [3.05, 3.63) is 47.0 Å². The molecule has 3 aliphatic carbocycles. The Bertz CT molecular complexity index is 718. The molecule has 4 rings (SSSR count). The zero-order valence-corrected chi connectivity index (χ0v) is 13.4. The highest BCUT2D eigenvalue weighted by Gasteiger charge is 2.49. The highest BCUT2D eigenvalue weighted by atomic mass is 16.4. The van der Waals surface area contributed by atoms with E-state index in [-0.39, 0.29) is 17.6 Å². The molecule has 0 saturated heterocycles. The third-order valence-electron chi connectivity index (χ3n) is 6.36. The number of hydrogen-bond acceptors (Lipinski definition) is 2. The minimum Gasteiger partial charge on any atom is -0.481 e. The zero-order valence-electron chi connectivity index (χ0n) is 13.4. The first kappa shape index (κ1) is 14.7. The summed E-state index contributed by atoms with van der Waals surface area (Å²) in [5.41, 5.74) is 2.93. The molecule has 1 saturated carbocycles. The van der Waals surface area contributed by atoms with Crippen LogP contribution in [-0.2, 0) is 11.2 Å². The van der Waals surface area contributed by atoms with Gasteiger partial charge in [0.25, 0.3) is 0 Å². The molecule has 3 aliphatic rings. The van der Waals surface area contributed by atoms with Gasteiger partial charge >= 0.3 is 5.97 Å². The number of fused-ring (bicyclic) bond motifs is 5. The quantitative estimate of drug-likeness (QED) is 0.841. The molecule has 1 aromatic carbocycles. The number of rotatable bonds is 2. The number of carboxylic acid groups (broad SMARTS) is 1. The molecule has 1 fully saturated rings. The van der Waals surface area contributed by atoms with E-state index >= 15 is 0 Å².